The van der Waals surface area contributed by atoms with Gasteiger partial charge in [-0.25, -0.2) is 0 Å². The van der Waals surface area contributed by atoms with Gasteiger partial charge in [0.25, 0.3) is 0 Å². The predicted octanol–water partition coefficient (Wildman–Crippen LogP) is 0.506. The molecule has 0 radical (unpaired) electrons. The van der Waals surface area contributed by atoms with Gasteiger partial charge in [0, 0.05) is 39.3 Å². The lowest BCUT2D eigenvalue weighted by Gasteiger charge is -2.43. The van der Waals surface area contributed by atoms with Crippen molar-refractivity contribution in [3.63, 3.8) is 0 Å². The third-order valence-electron chi connectivity index (χ3n) is 3.96. The summed E-state index contributed by atoms with van der Waals surface area (Å²) in [5, 5.41) is 0. The molecule has 1 aliphatic heterocycles. The van der Waals surface area contributed by atoms with Crippen LogP contribution in [0, 0.1) is 0 Å². The Morgan fingerprint density at radius 1 is 1.26 bits per heavy atom. The van der Waals surface area contributed by atoms with Crippen LogP contribution in [0.15, 0.2) is 0 Å². The molecule has 5 heteroatoms. The van der Waals surface area contributed by atoms with Gasteiger partial charge in [-0.3, -0.25) is 14.6 Å². The number of hydrogen-bond donors (Lipinski definition) is 0. The summed E-state index contributed by atoms with van der Waals surface area (Å²) in [5.41, 5.74) is 0.0549. The van der Waals surface area contributed by atoms with E-state index in [0.29, 0.717) is 0 Å². The SMILES string of the molecule is C[C@H](C(=O)N(C)C)N(C)CC(C)(C)N1CCOCC1. The molecular weight excluding hydrogens is 242 g/mol. The van der Waals surface area contributed by atoms with Gasteiger partial charge in [0.05, 0.1) is 19.3 Å². The highest BCUT2D eigenvalue weighted by atomic mass is 16.5. The molecule has 0 aliphatic carbocycles. The quantitative estimate of drug-likeness (QED) is 0.730. The van der Waals surface area contributed by atoms with Gasteiger partial charge in [0.15, 0.2) is 0 Å². The molecule has 0 N–H and O–H groups in total. The van der Waals surface area contributed by atoms with E-state index in [0.717, 1.165) is 32.8 Å². The van der Waals surface area contributed by atoms with Crippen molar-refractivity contribution in [2.75, 3.05) is 54.0 Å². The zero-order valence-electron chi connectivity index (χ0n) is 13.3. The molecule has 0 saturated carbocycles. The molecule has 0 aromatic carbocycles. The highest BCUT2D eigenvalue weighted by Gasteiger charge is 2.32. The lowest BCUT2D eigenvalue weighted by atomic mass is 10.0. The van der Waals surface area contributed by atoms with Crippen molar-refractivity contribution in [2.24, 2.45) is 0 Å². The largest absolute Gasteiger partial charge is 0.379 e. The normalized spacial score (nSPS) is 19.5. The van der Waals surface area contributed by atoms with Gasteiger partial charge in [-0.1, -0.05) is 0 Å². The minimum Gasteiger partial charge on any atom is -0.379 e. The first-order valence-electron chi connectivity index (χ1n) is 7.00. The van der Waals surface area contributed by atoms with E-state index in [2.05, 4.69) is 23.6 Å². The number of ether oxygens (including phenoxy) is 1. The molecule has 0 aromatic heterocycles. The monoisotopic (exact) mass is 271 g/mol. The first-order chi connectivity index (χ1) is 8.75. The van der Waals surface area contributed by atoms with Crippen LogP contribution in [-0.4, -0.2) is 86.2 Å². The molecule has 0 bridgehead atoms. The number of amides is 1. The topological polar surface area (TPSA) is 36.0 Å². The van der Waals surface area contributed by atoms with Crippen molar-refractivity contribution in [3.05, 3.63) is 0 Å². The molecule has 1 heterocycles. The standard InChI is InChI=1S/C14H29N3O2/c1-12(13(18)15(4)5)16(6)11-14(2,3)17-7-9-19-10-8-17/h12H,7-11H2,1-6H3/t12-/m1/s1. The molecule has 19 heavy (non-hydrogen) atoms. The van der Waals surface area contributed by atoms with E-state index in [4.69, 9.17) is 4.74 Å². The number of carbonyl (C=O) groups is 1. The van der Waals surface area contributed by atoms with Crippen molar-refractivity contribution in [2.45, 2.75) is 32.4 Å². The second kappa shape index (κ2) is 6.68. The van der Waals surface area contributed by atoms with Gasteiger partial charge in [-0.15, -0.1) is 0 Å². The summed E-state index contributed by atoms with van der Waals surface area (Å²) in [5.74, 6) is 0.153. The van der Waals surface area contributed by atoms with Crippen molar-refractivity contribution in [1.29, 1.82) is 0 Å². The molecule has 5 nitrogen and oxygen atoms in total. The van der Waals surface area contributed by atoms with Crippen molar-refractivity contribution in [3.8, 4) is 0 Å². The maximum atomic E-state index is 12.0. The smallest absolute Gasteiger partial charge is 0.239 e. The third kappa shape index (κ3) is 4.44. The van der Waals surface area contributed by atoms with Crippen molar-refractivity contribution in [1.82, 2.24) is 14.7 Å². The molecule has 112 valence electrons. The third-order valence-corrected chi connectivity index (χ3v) is 3.96. The number of carbonyl (C=O) groups excluding carboxylic acids is 1. The number of likely N-dealkylation sites (N-methyl/N-ethyl adjacent to an activating group) is 2. The molecule has 1 aliphatic rings. The Bertz CT molecular complexity index is 299. The first kappa shape index (κ1) is 16.4. The number of rotatable bonds is 5. The number of nitrogens with zero attached hydrogens (tertiary/aromatic N) is 3. The first-order valence-corrected chi connectivity index (χ1v) is 7.00. The van der Waals surface area contributed by atoms with E-state index in [1.807, 2.05) is 14.0 Å². The van der Waals surface area contributed by atoms with Crippen molar-refractivity contribution < 1.29 is 9.53 Å². The lowest BCUT2D eigenvalue weighted by molar-refractivity contribution is -0.134. The zero-order valence-corrected chi connectivity index (χ0v) is 13.3. The summed E-state index contributed by atoms with van der Waals surface area (Å²) in [6.07, 6.45) is 0. The maximum Gasteiger partial charge on any atom is 0.239 e. The second-order valence-corrected chi connectivity index (χ2v) is 6.24. The number of hydrogen-bond acceptors (Lipinski definition) is 4. The van der Waals surface area contributed by atoms with Gasteiger partial charge in [0.1, 0.15) is 0 Å². The zero-order chi connectivity index (χ0) is 14.6. The van der Waals surface area contributed by atoms with E-state index in [-0.39, 0.29) is 17.5 Å². The highest BCUT2D eigenvalue weighted by molar-refractivity contribution is 5.80. The predicted molar refractivity (Wildman–Crippen MR) is 77.3 cm³/mol. The Labute approximate surface area is 117 Å². The Kier molecular flexibility index (Phi) is 5.77. The molecule has 1 amide bonds. The van der Waals surface area contributed by atoms with Gasteiger partial charge < -0.3 is 9.64 Å². The minimum atomic E-state index is -0.0877. The Balaban J connectivity index is 2.58. The Morgan fingerprint density at radius 2 is 1.79 bits per heavy atom. The van der Waals surface area contributed by atoms with Crippen LogP contribution in [0.25, 0.3) is 0 Å². The van der Waals surface area contributed by atoms with E-state index in [1.54, 1.807) is 19.0 Å². The summed E-state index contributed by atoms with van der Waals surface area (Å²) in [4.78, 5) is 18.2. The maximum absolute atomic E-state index is 12.0. The molecule has 0 aromatic rings. The lowest BCUT2D eigenvalue weighted by Crippen LogP contribution is -2.57. The highest BCUT2D eigenvalue weighted by Crippen LogP contribution is 2.18. The molecule has 0 spiro atoms. The fourth-order valence-electron chi connectivity index (χ4n) is 2.58. The summed E-state index contributed by atoms with van der Waals surface area (Å²) in [6.45, 7) is 10.9. The molecule has 1 saturated heterocycles. The van der Waals surface area contributed by atoms with Crippen LogP contribution < -0.4 is 0 Å². The Morgan fingerprint density at radius 3 is 2.26 bits per heavy atom. The summed E-state index contributed by atoms with van der Waals surface area (Å²) >= 11 is 0. The summed E-state index contributed by atoms with van der Waals surface area (Å²) in [6, 6.07) is -0.0877. The minimum absolute atomic E-state index is 0.0549. The fourth-order valence-corrected chi connectivity index (χ4v) is 2.58. The fraction of sp³-hybridized carbons (Fsp3) is 0.929. The van der Waals surface area contributed by atoms with Crippen LogP contribution in [0.5, 0.6) is 0 Å². The van der Waals surface area contributed by atoms with E-state index in [9.17, 15) is 4.79 Å². The molecule has 1 rings (SSSR count). The van der Waals surface area contributed by atoms with Crippen LogP contribution in [0.1, 0.15) is 20.8 Å². The van der Waals surface area contributed by atoms with E-state index >= 15 is 0 Å². The average Bonchev–Trinajstić information content (AvgIpc) is 2.37. The molecule has 0 unspecified atom stereocenters. The van der Waals surface area contributed by atoms with Crippen LogP contribution in [0.2, 0.25) is 0 Å². The van der Waals surface area contributed by atoms with Crippen LogP contribution in [-0.2, 0) is 9.53 Å². The van der Waals surface area contributed by atoms with Gasteiger partial charge in [-0.2, -0.15) is 0 Å². The van der Waals surface area contributed by atoms with Gasteiger partial charge in [-0.05, 0) is 27.8 Å². The molecular formula is C14H29N3O2. The average molecular weight is 271 g/mol. The van der Waals surface area contributed by atoms with Crippen LogP contribution in [0.3, 0.4) is 0 Å². The number of morpholine rings is 1. The second-order valence-electron chi connectivity index (χ2n) is 6.24. The van der Waals surface area contributed by atoms with Crippen LogP contribution >= 0.6 is 0 Å². The van der Waals surface area contributed by atoms with Crippen LogP contribution in [0.4, 0.5) is 0 Å². The van der Waals surface area contributed by atoms with Crippen molar-refractivity contribution >= 4 is 5.91 Å². The summed E-state index contributed by atoms with van der Waals surface area (Å²) < 4.78 is 5.40. The molecule has 1 atom stereocenters. The van der Waals surface area contributed by atoms with E-state index in [1.165, 1.54) is 0 Å². The van der Waals surface area contributed by atoms with Gasteiger partial charge in [0.2, 0.25) is 5.91 Å². The molecule has 1 fully saturated rings. The summed E-state index contributed by atoms with van der Waals surface area (Å²) in [7, 11) is 5.63. The Hall–Kier alpha value is -0.650. The van der Waals surface area contributed by atoms with E-state index < -0.39 is 0 Å². The van der Waals surface area contributed by atoms with Gasteiger partial charge >= 0.3 is 0 Å².